The van der Waals surface area contributed by atoms with E-state index in [1.54, 1.807) is 17.5 Å². The average molecular weight is 548 g/mol. The number of hydrogen-bond acceptors (Lipinski definition) is 5. The minimum absolute atomic E-state index is 0.0938. The Morgan fingerprint density at radius 1 is 1.03 bits per heavy atom. The number of amides is 3. The maximum atomic E-state index is 13.1. The summed E-state index contributed by atoms with van der Waals surface area (Å²) < 4.78 is 0. The summed E-state index contributed by atoms with van der Waals surface area (Å²) in [5, 5.41) is 8.42. The van der Waals surface area contributed by atoms with E-state index in [4.69, 9.17) is 23.2 Å². The van der Waals surface area contributed by atoms with Crippen LogP contribution < -0.4 is 10.6 Å². The summed E-state index contributed by atoms with van der Waals surface area (Å²) >= 11 is 13.4. The van der Waals surface area contributed by atoms with Crippen molar-refractivity contribution >= 4 is 57.4 Å². The molecule has 0 saturated heterocycles. The largest absolute Gasteiger partial charge is 0.349 e. The van der Waals surface area contributed by atoms with Gasteiger partial charge in [-0.1, -0.05) is 67.4 Å². The Bertz CT molecular complexity index is 1220. The highest BCUT2D eigenvalue weighted by molar-refractivity contribution is 7.13. The molecule has 1 unspecified atom stereocenters. The van der Waals surface area contributed by atoms with Gasteiger partial charge < -0.3 is 15.5 Å². The van der Waals surface area contributed by atoms with E-state index in [1.807, 2.05) is 51.1 Å². The van der Waals surface area contributed by atoms with Gasteiger partial charge >= 0.3 is 0 Å². The molecule has 7 nitrogen and oxygen atoms in total. The van der Waals surface area contributed by atoms with Gasteiger partial charge in [-0.25, -0.2) is 4.98 Å². The second kappa shape index (κ2) is 12.9. The number of halogens is 2. The van der Waals surface area contributed by atoms with Gasteiger partial charge in [0.15, 0.2) is 5.13 Å². The fourth-order valence-corrected chi connectivity index (χ4v) is 4.77. The van der Waals surface area contributed by atoms with Crippen LogP contribution in [-0.4, -0.2) is 40.7 Å². The Morgan fingerprint density at radius 2 is 1.75 bits per heavy atom. The molecule has 36 heavy (non-hydrogen) atoms. The quantitative estimate of drug-likeness (QED) is 0.346. The Labute approximate surface area is 224 Å². The number of anilines is 1. The molecule has 0 bridgehead atoms. The zero-order valence-corrected chi connectivity index (χ0v) is 22.6. The van der Waals surface area contributed by atoms with Gasteiger partial charge in [-0.15, -0.1) is 11.3 Å². The van der Waals surface area contributed by atoms with Crippen molar-refractivity contribution in [2.24, 2.45) is 5.92 Å². The van der Waals surface area contributed by atoms with E-state index in [0.29, 0.717) is 22.4 Å². The fourth-order valence-electron chi connectivity index (χ4n) is 3.55. The maximum absolute atomic E-state index is 13.1. The highest BCUT2D eigenvalue weighted by atomic mass is 35.5. The first-order valence-electron chi connectivity index (χ1n) is 11.4. The van der Waals surface area contributed by atoms with Crippen LogP contribution in [0.2, 0.25) is 10.0 Å². The highest BCUT2D eigenvalue weighted by Gasteiger charge is 2.23. The normalized spacial score (nSPS) is 11.7. The van der Waals surface area contributed by atoms with E-state index in [2.05, 4.69) is 15.6 Å². The predicted molar refractivity (Wildman–Crippen MR) is 145 cm³/mol. The molecule has 1 heterocycles. The molecular weight excluding hydrogens is 519 g/mol. The van der Waals surface area contributed by atoms with Crippen molar-refractivity contribution < 1.29 is 14.4 Å². The van der Waals surface area contributed by atoms with E-state index in [9.17, 15) is 14.4 Å². The van der Waals surface area contributed by atoms with E-state index in [1.165, 1.54) is 22.3 Å². The summed E-state index contributed by atoms with van der Waals surface area (Å²) in [4.78, 5) is 44.1. The first kappa shape index (κ1) is 27.6. The molecular formula is C26H28Cl2N4O3S. The minimum Gasteiger partial charge on any atom is -0.349 e. The molecule has 2 aromatic carbocycles. The molecule has 3 amide bonds. The SMILES string of the molecule is CC(C)CN(CC(=O)Nc1nc(CC(=O)NC(C)c2ccccc2)cs1)C(=O)c1ccc(Cl)cc1Cl. The van der Waals surface area contributed by atoms with Crippen molar-refractivity contribution in [3.05, 3.63) is 80.8 Å². The Hall–Kier alpha value is -2.94. The van der Waals surface area contributed by atoms with Crippen LogP contribution in [-0.2, 0) is 16.0 Å². The molecule has 10 heteroatoms. The van der Waals surface area contributed by atoms with Crippen molar-refractivity contribution in [2.75, 3.05) is 18.4 Å². The third-order valence-corrected chi connectivity index (χ3v) is 6.54. The molecule has 0 aliphatic heterocycles. The van der Waals surface area contributed by atoms with Gasteiger partial charge in [0, 0.05) is 16.9 Å². The van der Waals surface area contributed by atoms with Crippen LogP contribution in [0.1, 0.15) is 48.4 Å². The Balaban J connectivity index is 1.58. The summed E-state index contributed by atoms with van der Waals surface area (Å²) in [5.41, 5.74) is 1.84. The summed E-state index contributed by atoms with van der Waals surface area (Å²) in [6.07, 6.45) is 0.0938. The first-order valence-corrected chi connectivity index (χ1v) is 13.1. The molecule has 1 aromatic heterocycles. The molecule has 0 fully saturated rings. The standard InChI is InChI=1S/C26H28Cl2N4O3S/c1-16(2)13-32(25(35)21-10-9-19(27)11-22(21)28)14-24(34)31-26-30-20(15-36-26)12-23(33)29-17(3)18-7-5-4-6-8-18/h4-11,15-17H,12-14H2,1-3H3,(H,29,33)(H,30,31,34). The topological polar surface area (TPSA) is 91.4 Å². The lowest BCUT2D eigenvalue weighted by atomic mass is 10.1. The Kier molecular flexibility index (Phi) is 9.87. The van der Waals surface area contributed by atoms with Crippen LogP contribution in [0.15, 0.2) is 53.9 Å². The third-order valence-electron chi connectivity index (χ3n) is 5.19. The van der Waals surface area contributed by atoms with Crippen LogP contribution >= 0.6 is 34.5 Å². The molecule has 0 saturated carbocycles. The van der Waals surface area contributed by atoms with Crippen molar-refractivity contribution in [3.63, 3.8) is 0 Å². The molecule has 0 aliphatic carbocycles. The lowest BCUT2D eigenvalue weighted by molar-refractivity contribution is -0.121. The van der Waals surface area contributed by atoms with E-state index in [-0.39, 0.29) is 47.3 Å². The Morgan fingerprint density at radius 3 is 2.42 bits per heavy atom. The van der Waals surface area contributed by atoms with E-state index in [0.717, 1.165) is 5.56 Å². The van der Waals surface area contributed by atoms with Crippen LogP contribution in [0, 0.1) is 5.92 Å². The first-order chi connectivity index (χ1) is 17.1. The molecule has 0 aliphatic rings. The minimum atomic E-state index is -0.392. The van der Waals surface area contributed by atoms with Crippen LogP contribution in [0.25, 0.3) is 0 Å². The van der Waals surface area contributed by atoms with E-state index < -0.39 is 5.91 Å². The zero-order chi connectivity index (χ0) is 26.2. The molecule has 190 valence electrons. The number of nitrogens with zero attached hydrogens (tertiary/aromatic N) is 2. The second-order valence-electron chi connectivity index (χ2n) is 8.77. The smallest absolute Gasteiger partial charge is 0.255 e. The van der Waals surface area contributed by atoms with Crippen LogP contribution in [0.3, 0.4) is 0 Å². The number of benzene rings is 2. The molecule has 3 rings (SSSR count). The number of thiazole rings is 1. The number of rotatable bonds is 10. The summed E-state index contributed by atoms with van der Waals surface area (Å²) in [7, 11) is 0. The van der Waals surface area contributed by atoms with Crippen LogP contribution in [0.4, 0.5) is 5.13 Å². The fraction of sp³-hybridized carbons (Fsp3) is 0.308. The average Bonchev–Trinajstić information content (AvgIpc) is 3.24. The van der Waals surface area contributed by atoms with Gasteiger partial charge in [-0.05, 0) is 36.6 Å². The molecule has 2 N–H and O–H groups in total. The number of hydrogen-bond donors (Lipinski definition) is 2. The lowest BCUT2D eigenvalue weighted by Gasteiger charge is -2.24. The third kappa shape index (κ3) is 8.05. The van der Waals surface area contributed by atoms with Crippen molar-refractivity contribution in [2.45, 2.75) is 33.2 Å². The molecule has 0 spiro atoms. The molecule has 0 radical (unpaired) electrons. The van der Waals surface area contributed by atoms with Crippen molar-refractivity contribution in [1.82, 2.24) is 15.2 Å². The maximum Gasteiger partial charge on any atom is 0.255 e. The number of carbonyl (C=O) groups is 3. The van der Waals surface area contributed by atoms with Gasteiger partial charge in [0.1, 0.15) is 6.54 Å². The van der Waals surface area contributed by atoms with Gasteiger partial charge in [0.25, 0.3) is 5.91 Å². The zero-order valence-electron chi connectivity index (χ0n) is 20.3. The van der Waals surface area contributed by atoms with Gasteiger partial charge in [-0.2, -0.15) is 0 Å². The van der Waals surface area contributed by atoms with Crippen molar-refractivity contribution in [1.29, 1.82) is 0 Å². The van der Waals surface area contributed by atoms with Crippen molar-refractivity contribution in [3.8, 4) is 0 Å². The van der Waals surface area contributed by atoms with Gasteiger partial charge in [0.05, 0.1) is 28.7 Å². The molecule has 3 aromatic rings. The summed E-state index contributed by atoms with van der Waals surface area (Å²) in [6, 6.07) is 14.2. The van der Waals surface area contributed by atoms with Gasteiger partial charge in [0.2, 0.25) is 11.8 Å². The summed E-state index contributed by atoms with van der Waals surface area (Å²) in [5.74, 6) is -0.777. The highest BCUT2D eigenvalue weighted by Crippen LogP contribution is 2.23. The molecule has 1 atom stereocenters. The summed E-state index contributed by atoms with van der Waals surface area (Å²) in [6.45, 7) is 6.03. The number of carbonyl (C=O) groups excluding carboxylic acids is 3. The number of nitrogens with one attached hydrogen (secondary N) is 2. The van der Waals surface area contributed by atoms with Gasteiger partial charge in [-0.3, -0.25) is 14.4 Å². The predicted octanol–water partition coefficient (Wildman–Crippen LogP) is 5.61. The lowest BCUT2D eigenvalue weighted by Crippen LogP contribution is -2.40. The second-order valence-corrected chi connectivity index (χ2v) is 10.5. The van der Waals surface area contributed by atoms with E-state index >= 15 is 0 Å². The number of aromatic nitrogens is 1. The van der Waals surface area contributed by atoms with Crippen LogP contribution in [0.5, 0.6) is 0 Å². The monoisotopic (exact) mass is 546 g/mol.